The SMILES string of the molecule is CC(CN1CCCC1)NC(=O)c1ccc(N)c(O)c1. The number of nitrogen functional groups attached to an aromatic ring is 1. The summed E-state index contributed by atoms with van der Waals surface area (Å²) < 4.78 is 0. The monoisotopic (exact) mass is 263 g/mol. The third kappa shape index (κ3) is 3.61. The number of phenols is 1. The Hall–Kier alpha value is -1.75. The molecule has 104 valence electrons. The number of benzene rings is 1. The molecule has 1 unspecified atom stereocenters. The molecular weight excluding hydrogens is 242 g/mol. The molecule has 1 amide bonds. The Balaban J connectivity index is 1.90. The number of anilines is 1. The van der Waals surface area contributed by atoms with E-state index in [2.05, 4.69) is 10.2 Å². The number of rotatable bonds is 4. The van der Waals surface area contributed by atoms with Crippen molar-refractivity contribution in [2.75, 3.05) is 25.4 Å². The fourth-order valence-electron chi connectivity index (χ4n) is 2.39. The number of aromatic hydroxyl groups is 1. The highest BCUT2D eigenvalue weighted by molar-refractivity contribution is 5.95. The molecule has 1 fully saturated rings. The first-order chi connectivity index (χ1) is 9.06. The van der Waals surface area contributed by atoms with Gasteiger partial charge in [0, 0.05) is 18.2 Å². The summed E-state index contributed by atoms with van der Waals surface area (Å²) in [5.41, 5.74) is 6.22. The zero-order valence-corrected chi connectivity index (χ0v) is 11.2. The van der Waals surface area contributed by atoms with Crippen LogP contribution in [0.25, 0.3) is 0 Å². The summed E-state index contributed by atoms with van der Waals surface area (Å²) in [7, 11) is 0. The van der Waals surface area contributed by atoms with Crippen molar-refractivity contribution >= 4 is 11.6 Å². The van der Waals surface area contributed by atoms with Crippen molar-refractivity contribution in [3.63, 3.8) is 0 Å². The maximum Gasteiger partial charge on any atom is 0.251 e. The molecule has 1 saturated heterocycles. The zero-order valence-electron chi connectivity index (χ0n) is 11.2. The number of carbonyl (C=O) groups is 1. The lowest BCUT2D eigenvalue weighted by Gasteiger charge is -2.21. The number of hydrogen-bond acceptors (Lipinski definition) is 4. The van der Waals surface area contributed by atoms with Crippen molar-refractivity contribution in [1.82, 2.24) is 10.2 Å². The predicted octanol–water partition coefficient (Wildman–Crippen LogP) is 1.19. The normalized spacial score (nSPS) is 17.3. The van der Waals surface area contributed by atoms with Gasteiger partial charge in [-0.25, -0.2) is 0 Å². The van der Waals surface area contributed by atoms with Gasteiger partial charge in [-0.2, -0.15) is 0 Å². The molecule has 1 atom stereocenters. The summed E-state index contributed by atoms with van der Waals surface area (Å²) in [6.45, 7) is 5.09. The highest BCUT2D eigenvalue weighted by atomic mass is 16.3. The third-order valence-electron chi connectivity index (χ3n) is 3.40. The molecule has 4 N–H and O–H groups in total. The van der Waals surface area contributed by atoms with Crippen molar-refractivity contribution in [1.29, 1.82) is 0 Å². The van der Waals surface area contributed by atoms with Gasteiger partial charge < -0.3 is 21.1 Å². The number of amides is 1. The molecule has 1 aliphatic heterocycles. The van der Waals surface area contributed by atoms with Crippen LogP contribution >= 0.6 is 0 Å². The van der Waals surface area contributed by atoms with Gasteiger partial charge in [0.05, 0.1) is 5.69 Å². The fourth-order valence-corrected chi connectivity index (χ4v) is 2.39. The van der Waals surface area contributed by atoms with Gasteiger partial charge in [-0.15, -0.1) is 0 Å². The molecule has 0 spiro atoms. The van der Waals surface area contributed by atoms with Crippen LogP contribution in [-0.4, -0.2) is 41.6 Å². The molecule has 0 saturated carbocycles. The number of nitrogens with one attached hydrogen (secondary N) is 1. The minimum Gasteiger partial charge on any atom is -0.506 e. The molecule has 0 aliphatic carbocycles. The molecule has 2 rings (SSSR count). The maximum absolute atomic E-state index is 12.0. The summed E-state index contributed by atoms with van der Waals surface area (Å²) in [5, 5.41) is 12.4. The first-order valence-corrected chi connectivity index (χ1v) is 6.68. The average molecular weight is 263 g/mol. The van der Waals surface area contributed by atoms with E-state index in [1.807, 2.05) is 6.92 Å². The Bertz CT molecular complexity index is 456. The minimum absolute atomic E-state index is 0.0557. The molecule has 1 aromatic carbocycles. The van der Waals surface area contributed by atoms with E-state index in [0.717, 1.165) is 19.6 Å². The molecule has 5 nitrogen and oxygen atoms in total. The Morgan fingerprint density at radius 1 is 1.47 bits per heavy atom. The number of hydrogen-bond donors (Lipinski definition) is 3. The second-order valence-electron chi connectivity index (χ2n) is 5.16. The summed E-state index contributed by atoms with van der Waals surface area (Å²) in [5.74, 6) is -0.234. The standard InChI is InChI=1S/C14H21N3O2/c1-10(9-17-6-2-3-7-17)16-14(19)11-4-5-12(15)13(18)8-11/h4-5,8,10,18H,2-3,6-7,9,15H2,1H3,(H,16,19). The molecule has 1 aliphatic rings. The Morgan fingerprint density at radius 2 is 2.16 bits per heavy atom. The first-order valence-electron chi connectivity index (χ1n) is 6.68. The summed E-state index contributed by atoms with van der Waals surface area (Å²) >= 11 is 0. The Kier molecular flexibility index (Phi) is 4.27. The molecule has 19 heavy (non-hydrogen) atoms. The van der Waals surface area contributed by atoms with Gasteiger partial charge in [-0.3, -0.25) is 4.79 Å². The smallest absolute Gasteiger partial charge is 0.251 e. The summed E-state index contributed by atoms with van der Waals surface area (Å²) in [6, 6.07) is 4.64. The number of nitrogens with two attached hydrogens (primary N) is 1. The van der Waals surface area contributed by atoms with Gasteiger partial charge in [-0.05, 0) is 51.1 Å². The second kappa shape index (κ2) is 5.93. The third-order valence-corrected chi connectivity index (χ3v) is 3.40. The zero-order chi connectivity index (χ0) is 13.8. The van der Waals surface area contributed by atoms with E-state index in [1.54, 1.807) is 6.07 Å². The first kappa shape index (κ1) is 13.7. The van der Waals surface area contributed by atoms with E-state index in [1.165, 1.54) is 25.0 Å². The summed E-state index contributed by atoms with van der Waals surface area (Å²) in [4.78, 5) is 14.4. The van der Waals surface area contributed by atoms with Crippen LogP contribution in [-0.2, 0) is 0 Å². The highest BCUT2D eigenvalue weighted by Gasteiger charge is 2.16. The van der Waals surface area contributed by atoms with Crippen LogP contribution in [0.15, 0.2) is 18.2 Å². The molecule has 0 bridgehead atoms. The predicted molar refractivity (Wildman–Crippen MR) is 75.1 cm³/mol. The van der Waals surface area contributed by atoms with Crippen LogP contribution in [0.1, 0.15) is 30.1 Å². The van der Waals surface area contributed by atoms with Crippen LogP contribution in [0.5, 0.6) is 5.75 Å². The molecule has 5 heteroatoms. The minimum atomic E-state index is -0.179. The van der Waals surface area contributed by atoms with Crippen LogP contribution in [0.2, 0.25) is 0 Å². The van der Waals surface area contributed by atoms with Crippen LogP contribution < -0.4 is 11.1 Å². The van der Waals surface area contributed by atoms with Crippen molar-refractivity contribution in [3.05, 3.63) is 23.8 Å². The Morgan fingerprint density at radius 3 is 2.79 bits per heavy atom. The highest BCUT2D eigenvalue weighted by Crippen LogP contribution is 2.20. The maximum atomic E-state index is 12.0. The molecular formula is C14H21N3O2. The molecule has 1 heterocycles. The van der Waals surface area contributed by atoms with E-state index in [0.29, 0.717) is 5.56 Å². The number of carbonyl (C=O) groups excluding carboxylic acids is 1. The van der Waals surface area contributed by atoms with E-state index < -0.39 is 0 Å². The van der Waals surface area contributed by atoms with Gasteiger partial charge in [-0.1, -0.05) is 0 Å². The number of phenolic OH excluding ortho intramolecular Hbond substituents is 1. The van der Waals surface area contributed by atoms with Gasteiger partial charge in [0.2, 0.25) is 0 Å². The van der Waals surface area contributed by atoms with Crippen LogP contribution in [0.3, 0.4) is 0 Å². The summed E-state index contributed by atoms with van der Waals surface area (Å²) in [6.07, 6.45) is 2.49. The van der Waals surface area contributed by atoms with E-state index in [4.69, 9.17) is 5.73 Å². The topological polar surface area (TPSA) is 78.6 Å². The molecule has 1 aromatic rings. The lowest BCUT2D eigenvalue weighted by atomic mass is 10.1. The number of nitrogens with zero attached hydrogens (tertiary/aromatic N) is 1. The lowest BCUT2D eigenvalue weighted by molar-refractivity contribution is 0.0931. The van der Waals surface area contributed by atoms with Crippen molar-refractivity contribution in [2.24, 2.45) is 0 Å². The quantitative estimate of drug-likeness (QED) is 0.563. The second-order valence-corrected chi connectivity index (χ2v) is 5.16. The molecule has 0 aromatic heterocycles. The molecule has 0 radical (unpaired) electrons. The van der Waals surface area contributed by atoms with Gasteiger partial charge in [0.1, 0.15) is 5.75 Å². The van der Waals surface area contributed by atoms with Gasteiger partial charge in [0.25, 0.3) is 5.91 Å². The van der Waals surface area contributed by atoms with E-state index in [9.17, 15) is 9.90 Å². The van der Waals surface area contributed by atoms with Crippen molar-refractivity contribution < 1.29 is 9.90 Å². The number of likely N-dealkylation sites (tertiary alicyclic amines) is 1. The fraction of sp³-hybridized carbons (Fsp3) is 0.500. The van der Waals surface area contributed by atoms with Crippen LogP contribution in [0.4, 0.5) is 5.69 Å². The van der Waals surface area contributed by atoms with Gasteiger partial charge >= 0.3 is 0 Å². The van der Waals surface area contributed by atoms with E-state index >= 15 is 0 Å². The van der Waals surface area contributed by atoms with Gasteiger partial charge in [0.15, 0.2) is 0 Å². The van der Waals surface area contributed by atoms with Crippen molar-refractivity contribution in [2.45, 2.75) is 25.8 Å². The lowest BCUT2D eigenvalue weighted by Crippen LogP contribution is -2.41. The van der Waals surface area contributed by atoms with E-state index in [-0.39, 0.29) is 23.4 Å². The Labute approximate surface area is 113 Å². The largest absolute Gasteiger partial charge is 0.506 e. The van der Waals surface area contributed by atoms with Crippen molar-refractivity contribution in [3.8, 4) is 5.75 Å². The average Bonchev–Trinajstić information content (AvgIpc) is 2.85. The van der Waals surface area contributed by atoms with Crippen LogP contribution in [0, 0.1) is 0 Å².